The molecule has 1 aromatic rings. The van der Waals surface area contributed by atoms with E-state index in [1.54, 1.807) is 11.8 Å². The molecule has 0 fully saturated rings. The lowest BCUT2D eigenvalue weighted by Gasteiger charge is -2.04. The molecule has 3 heteroatoms. The predicted molar refractivity (Wildman–Crippen MR) is 79.8 cm³/mol. The summed E-state index contributed by atoms with van der Waals surface area (Å²) in [6.45, 7) is 4.80. The van der Waals surface area contributed by atoms with Crippen LogP contribution >= 0.6 is 11.8 Å². The number of rotatable bonds is 7. The van der Waals surface area contributed by atoms with E-state index in [1.165, 1.54) is 11.1 Å². The maximum atomic E-state index is 11.5. The normalized spacial score (nSPS) is 10.8. The van der Waals surface area contributed by atoms with Crippen molar-refractivity contribution in [3.05, 3.63) is 47.5 Å². The van der Waals surface area contributed by atoms with Crippen LogP contribution in [0.25, 0.3) is 0 Å². The number of thioether (sulfide) groups is 1. The van der Waals surface area contributed by atoms with E-state index in [2.05, 4.69) is 42.6 Å². The van der Waals surface area contributed by atoms with Crippen molar-refractivity contribution in [3.63, 3.8) is 0 Å². The number of benzene rings is 1. The molecule has 1 aromatic carbocycles. The van der Waals surface area contributed by atoms with Gasteiger partial charge in [-0.3, -0.25) is 4.79 Å². The highest BCUT2D eigenvalue weighted by Gasteiger charge is 2.00. The average molecular weight is 263 g/mol. The summed E-state index contributed by atoms with van der Waals surface area (Å²) in [6.07, 6.45) is 4.96. The van der Waals surface area contributed by atoms with Crippen LogP contribution in [0.15, 0.2) is 36.4 Å². The summed E-state index contributed by atoms with van der Waals surface area (Å²) in [5, 5.41) is 2.90. The Morgan fingerprint density at radius 3 is 3.00 bits per heavy atom. The van der Waals surface area contributed by atoms with E-state index in [4.69, 9.17) is 0 Å². The quantitative estimate of drug-likeness (QED) is 0.604. The van der Waals surface area contributed by atoms with Crippen LogP contribution in [0.2, 0.25) is 0 Å². The molecule has 0 radical (unpaired) electrons. The summed E-state index contributed by atoms with van der Waals surface area (Å²) in [6, 6.07) is 8.41. The van der Waals surface area contributed by atoms with Crippen LogP contribution in [0.5, 0.6) is 0 Å². The van der Waals surface area contributed by atoms with Crippen LogP contribution < -0.4 is 5.32 Å². The molecule has 0 spiro atoms. The fraction of sp³-hybridized carbons (Fsp3) is 0.400. The molecular weight excluding hydrogens is 242 g/mol. The molecule has 1 rings (SSSR count). The van der Waals surface area contributed by atoms with Crippen molar-refractivity contribution in [1.29, 1.82) is 0 Å². The van der Waals surface area contributed by atoms with Gasteiger partial charge in [0.05, 0.1) is 5.75 Å². The fourth-order valence-electron chi connectivity index (χ4n) is 1.58. The number of nitrogens with one attached hydrogen (secondary N) is 1. The highest BCUT2D eigenvalue weighted by molar-refractivity contribution is 7.99. The first-order valence-electron chi connectivity index (χ1n) is 6.23. The van der Waals surface area contributed by atoms with E-state index in [0.29, 0.717) is 5.75 Å². The Morgan fingerprint density at radius 1 is 1.44 bits per heavy atom. The number of hydrogen-bond acceptors (Lipinski definition) is 2. The van der Waals surface area contributed by atoms with Crippen LogP contribution in [0.1, 0.15) is 24.5 Å². The van der Waals surface area contributed by atoms with Gasteiger partial charge in [0, 0.05) is 12.3 Å². The van der Waals surface area contributed by atoms with Crippen LogP contribution in [0, 0.1) is 6.92 Å². The first-order valence-corrected chi connectivity index (χ1v) is 7.39. The second kappa shape index (κ2) is 8.81. The minimum absolute atomic E-state index is 0.122. The molecule has 0 aromatic heterocycles. The zero-order valence-electron chi connectivity index (χ0n) is 11.1. The smallest absolute Gasteiger partial charge is 0.230 e. The second-order valence-electron chi connectivity index (χ2n) is 4.19. The predicted octanol–water partition coefficient (Wildman–Crippen LogP) is 3.31. The molecule has 0 aliphatic carbocycles. The summed E-state index contributed by atoms with van der Waals surface area (Å²) in [7, 11) is 0. The molecule has 0 heterocycles. The maximum absolute atomic E-state index is 11.5. The van der Waals surface area contributed by atoms with Crippen LogP contribution in [0.3, 0.4) is 0 Å². The highest BCUT2D eigenvalue weighted by Crippen LogP contribution is 2.13. The zero-order chi connectivity index (χ0) is 13.2. The summed E-state index contributed by atoms with van der Waals surface area (Å²) in [4.78, 5) is 11.5. The minimum Gasteiger partial charge on any atom is -0.355 e. The lowest BCUT2D eigenvalue weighted by Crippen LogP contribution is -2.25. The van der Waals surface area contributed by atoms with Crippen molar-refractivity contribution in [2.75, 3.05) is 12.3 Å². The molecule has 0 unspecified atom stereocenters. The summed E-state index contributed by atoms with van der Waals surface area (Å²) < 4.78 is 0. The molecule has 0 bridgehead atoms. The summed E-state index contributed by atoms with van der Waals surface area (Å²) in [5.74, 6) is 1.55. The molecule has 18 heavy (non-hydrogen) atoms. The molecule has 98 valence electrons. The van der Waals surface area contributed by atoms with Gasteiger partial charge in [-0.05, 0) is 25.8 Å². The van der Waals surface area contributed by atoms with Crippen molar-refractivity contribution in [2.45, 2.75) is 26.0 Å². The Hall–Kier alpha value is -1.22. The van der Waals surface area contributed by atoms with Crippen molar-refractivity contribution in [2.24, 2.45) is 0 Å². The Bertz CT molecular complexity index is 401. The number of carbonyl (C=O) groups excluding carboxylic acids is 1. The SMILES string of the molecule is C/C=C/CCNC(=O)CSCc1cccc(C)c1. The van der Waals surface area contributed by atoms with Gasteiger partial charge in [-0.25, -0.2) is 0 Å². The summed E-state index contributed by atoms with van der Waals surface area (Å²) in [5.41, 5.74) is 2.55. The first kappa shape index (κ1) is 14.8. The third-order valence-electron chi connectivity index (χ3n) is 2.45. The largest absolute Gasteiger partial charge is 0.355 e. The van der Waals surface area contributed by atoms with Crippen molar-refractivity contribution < 1.29 is 4.79 Å². The molecule has 2 nitrogen and oxygen atoms in total. The second-order valence-corrected chi connectivity index (χ2v) is 5.18. The lowest BCUT2D eigenvalue weighted by atomic mass is 10.2. The van der Waals surface area contributed by atoms with Gasteiger partial charge in [0.25, 0.3) is 0 Å². The number of allylic oxidation sites excluding steroid dienone is 1. The van der Waals surface area contributed by atoms with Gasteiger partial charge in [-0.15, -0.1) is 11.8 Å². The fourth-order valence-corrected chi connectivity index (χ4v) is 2.38. The van der Waals surface area contributed by atoms with Gasteiger partial charge in [-0.2, -0.15) is 0 Å². The Balaban J connectivity index is 2.15. The molecular formula is C15H21NOS. The standard InChI is InChI=1S/C15H21NOS/c1-3-4-5-9-16-15(17)12-18-11-14-8-6-7-13(2)10-14/h3-4,6-8,10H,5,9,11-12H2,1-2H3,(H,16,17)/b4-3+. The first-order chi connectivity index (χ1) is 8.72. The van der Waals surface area contributed by atoms with Gasteiger partial charge >= 0.3 is 0 Å². The van der Waals surface area contributed by atoms with E-state index < -0.39 is 0 Å². The Kier molecular flexibility index (Phi) is 7.26. The number of aryl methyl sites for hydroxylation is 1. The number of amides is 1. The third-order valence-corrected chi connectivity index (χ3v) is 3.46. The Labute approximate surface area is 114 Å². The van der Waals surface area contributed by atoms with Gasteiger partial charge in [-0.1, -0.05) is 42.0 Å². The van der Waals surface area contributed by atoms with E-state index in [9.17, 15) is 4.79 Å². The van der Waals surface area contributed by atoms with Gasteiger partial charge < -0.3 is 5.32 Å². The van der Waals surface area contributed by atoms with Crippen LogP contribution in [-0.4, -0.2) is 18.2 Å². The van der Waals surface area contributed by atoms with E-state index in [-0.39, 0.29) is 5.91 Å². The minimum atomic E-state index is 0.122. The van der Waals surface area contributed by atoms with Crippen molar-refractivity contribution in [3.8, 4) is 0 Å². The summed E-state index contributed by atoms with van der Waals surface area (Å²) >= 11 is 1.66. The van der Waals surface area contributed by atoms with E-state index in [1.807, 2.05) is 13.0 Å². The monoisotopic (exact) mass is 263 g/mol. The average Bonchev–Trinajstić information content (AvgIpc) is 2.35. The molecule has 0 saturated carbocycles. The van der Waals surface area contributed by atoms with Gasteiger partial charge in [0.1, 0.15) is 0 Å². The van der Waals surface area contributed by atoms with Crippen molar-refractivity contribution >= 4 is 17.7 Å². The highest BCUT2D eigenvalue weighted by atomic mass is 32.2. The van der Waals surface area contributed by atoms with Crippen molar-refractivity contribution in [1.82, 2.24) is 5.32 Å². The molecule has 0 saturated heterocycles. The van der Waals surface area contributed by atoms with Gasteiger partial charge in [0.2, 0.25) is 5.91 Å². The van der Waals surface area contributed by atoms with E-state index >= 15 is 0 Å². The topological polar surface area (TPSA) is 29.1 Å². The number of carbonyl (C=O) groups is 1. The van der Waals surface area contributed by atoms with Crippen LogP contribution in [0.4, 0.5) is 0 Å². The molecule has 1 N–H and O–H groups in total. The van der Waals surface area contributed by atoms with Crippen LogP contribution in [-0.2, 0) is 10.5 Å². The number of hydrogen-bond donors (Lipinski definition) is 1. The Morgan fingerprint density at radius 2 is 2.28 bits per heavy atom. The third kappa shape index (κ3) is 6.50. The molecule has 0 aliphatic rings. The zero-order valence-corrected chi connectivity index (χ0v) is 11.9. The maximum Gasteiger partial charge on any atom is 0.230 e. The lowest BCUT2D eigenvalue weighted by molar-refractivity contribution is -0.118. The molecule has 0 aliphatic heterocycles. The molecule has 1 amide bonds. The van der Waals surface area contributed by atoms with Gasteiger partial charge in [0.15, 0.2) is 0 Å². The van der Waals surface area contributed by atoms with E-state index in [0.717, 1.165) is 18.7 Å². The molecule has 0 atom stereocenters.